The van der Waals surface area contributed by atoms with Crippen LogP contribution in [0.3, 0.4) is 0 Å². The van der Waals surface area contributed by atoms with Gasteiger partial charge >= 0.3 is 0 Å². The minimum absolute atomic E-state index is 0.779. The first-order chi connectivity index (χ1) is 8.56. The maximum Gasteiger partial charge on any atom is 0.0451 e. The smallest absolute Gasteiger partial charge is 0.0451 e. The van der Waals surface area contributed by atoms with Crippen molar-refractivity contribution in [2.75, 3.05) is 13.1 Å². The standard InChI is InChI=1S/C16H24ClN/c1-12(2)15-8-13(3)9-18(11-15)10-14-6-4-5-7-16(14)17/h4-7,12-13,15H,8-11H2,1-3H3. The van der Waals surface area contributed by atoms with E-state index in [1.807, 2.05) is 12.1 Å². The third-order valence-electron chi connectivity index (χ3n) is 4.06. The van der Waals surface area contributed by atoms with Gasteiger partial charge in [0.25, 0.3) is 0 Å². The molecule has 2 heteroatoms. The van der Waals surface area contributed by atoms with Crippen LogP contribution < -0.4 is 0 Å². The molecule has 100 valence electrons. The van der Waals surface area contributed by atoms with Crippen LogP contribution in [0.4, 0.5) is 0 Å². The Morgan fingerprint density at radius 1 is 1.28 bits per heavy atom. The van der Waals surface area contributed by atoms with Crippen molar-refractivity contribution in [1.82, 2.24) is 4.90 Å². The molecular formula is C16H24ClN. The third-order valence-corrected chi connectivity index (χ3v) is 4.43. The topological polar surface area (TPSA) is 3.24 Å². The maximum atomic E-state index is 6.25. The van der Waals surface area contributed by atoms with Crippen LogP contribution in [-0.2, 0) is 6.54 Å². The van der Waals surface area contributed by atoms with Crippen molar-refractivity contribution in [3.63, 3.8) is 0 Å². The molecule has 0 amide bonds. The van der Waals surface area contributed by atoms with Gasteiger partial charge in [-0.25, -0.2) is 0 Å². The van der Waals surface area contributed by atoms with E-state index in [0.717, 1.165) is 29.3 Å². The van der Waals surface area contributed by atoms with Crippen molar-refractivity contribution in [2.45, 2.75) is 33.7 Å². The van der Waals surface area contributed by atoms with Crippen molar-refractivity contribution in [2.24, 2.45) is 17.8 Å². The van der Waals surface area contributed by atoms with Crippen LogP contribution in [-0.4, -0.2) is 18.0 Å². The Morgan fingerprint density at radius 3 is 2.67 bits per heavy atom. The second-order valence-electron chi connectivity index (χ2n) is 6.13. The molecule has 2 atom stereocenters. The number of hydrogen-bond acceptors (Lipinski definition) is 1. The molecule has 1 heterocycles. The highest BCUT2D eigenvalue weighted by Gasteiger charge is 2.26. The van der Waals surface area contributed by atoms with Gasteiger partial charge in [-0.15, -0.1) is 0 Å². The lowest BCUT2D eigenvalue weighted by Gasteiger charge is -2.38. The van der Waals surface area contributed by atoms with Crippen LogP contribution in [0.2, 0.25) is 5.02 Å². The second-order valence-corrected chi connectivity index (χ2v) is 6.54. The van der Waals surface area contributed by atoms with Gasteiger partial charge in [0.15, 0.2) is 0 Å². The van der Waals surface area contributed by atoms with E-state index < -0.39 is 0 Å². The Hall–Kier alpha value is -0.530. The fourth-order valence-corrected chi connectivity index (χ4v) is 3.19. The highest BCUT2D eigenvalue weighted by atomic mass is 35.5. The SMILES string of the molecule is CC1CC(C(C)C)CN(Cc2ccccc2Cl)C1. The number of piperidine rings is 1. The predicted octanol–water partition coefficient (Wildman–Crippen LogP) is 4.45. The number of nitrogens with zero attached hydrogens (tertiary/aromatic N) is 1. The number of benzene rings is 1. The van der Waals surface area contributed by atoms with E-state index in [1.54, 1.807) is 0 Å². The molecule has 1 saturated heterocycles. The molecule has 0 N–H and O–H groups in total. The Kier molecular flexibility index (Phi) is 4.69. The summed E-state index contributed by atoms with van der Waals surface area (Å²) < 4.78 is 0. The van der Waals surface area contributed by atoms with E-state index in [1.165, 1.54) is 25.1 Å². The van der Waals surface area contributed by atoms with Crippen molar-refractivity contribution < 1.29 is 0 Å². The quantitative estimate of drug-likeness (QED) is 0.780. The molecule has 1 fully saturated rings. The van der Waals surface area contributed by atoms with Crippen molar-refractivity contribution in [1.29, 1.82) is 0 Å². The molecule has 0 aliphatic carbocycles. The Bertz CT molecular complexity index is 388. The fourth-order valence-electron chi connectivity index (χ4n) is 2.99. The van der Waals surface area contributed by atoms with Gasteiger partial charge in [-0.2, -0.15) is 0 Å². The zero-order valence-corrected chi connectivity index (χ0v) is 12.5. The van der Waals surface area contributed by atoms with Crippen LogP contribution in [0.25, 0.3) is 0 Å². The predicted molar refractivity (Wildman–Crippen MR) is 78.8 cm³/mol. The minimum atomic E-state index is 0.779. The molecule has 0 spiro atoms. The first-order valence-corrected chi connectivity index (χ1v) is 7.39. The Labute approximate surface area is 116 Å². The summed E-state index contributed by atoms with van der Waals surface area (Å²) in [4.78, 5) is 2.57. The zero-order valence-electron chi connectivity index (χ0n) is 11.7. The maximum absolute atomic E-state index is 6.25. The molecule has 1 nitrogen and oxygen atoms in total. The fraction of sp³-hybridized carbons (Fsp3) is 0.625. The number of halogens is 1. The summed E-state index contributed by atoms with van der Waals surface area (Å²) in [6, 6.07) is 8.21. The van der Waals surface area contributed by atoms with Crippen LogP contribution in [0, 0.1) is 17.8 Å². The van der Waals surface area contributed by atoms with Crippen molar-refractivity contribution in [3.8, 4) is 0 Å². The second kappa shape index (κ2) is 6.08. The molecule has 1 aromatic carbocycles. The summed E-state index contributed by atoms with van der Waals surface area (Å²) >= 11 is 6.25. The van der Waals surface area contributed by atoms with E-state index in [-0.39, 0.29) is 0 Å². The highest BCUT2D eigenvalue weighted by molar-refractivity contribution is 6.31. The van der Waals surface area contributed by atoms with Gasteiger partial charge in [-0.1, -0.05) is 50.6 Å². The summed E-state index contributed by atoms with van der Waals surface area (Å²) in [6.07, 6.45) is 1.37. The summed E-state index contributed by atoms with van der Waals surface area (Å²) in [6.45, 7) is 10.5. The first kappa shape index (κ1) is 13.9. The Morgan fingerprint density at radius 2 is 2.00 bits per heavy atom. The van der Waals surface area contributed by atoms with Gasteiger partial charge in [0.2, 0.25) is 0 Å². The summed E-state index contributed by atoms with van der Waals surface area (Å²) in [5, 5.41) is 0.900. The van der Waals surface area contributed by atoms with Gasteiger partial charge in [-0.05, 0) is 35.8 Å². The van der Waals surface area contributed by atoms with Crippen molar-refractivity contribution in [3.05, 3.63) is 34.9 Å². The minimum Gasteiger partial charge on any atom is -0.298 e. The van der Waals surface area contributed by atoms with Crippen LogP contribution >= 0.6 is 11.6 Å². The largest absolute Gasteiger partial charge is 0.298 e. The molecule has 1 aromatic rings. The van der Waals surface area contributed by atoms with Gasteiger partial charge in [0.1, 0.15) is 0 Å². The van der Waals surface area contributed by atoms with Gasteiger partial charge in [0.05, 0.1) is 0 Å². The average Bonchev–Trinajstić information content (AvgIpc) is 2.31. The lowest BCUT2D eigenvalue weighted by molar-refractivity contribution is 0.101. The lowest BCUT2D eigenvalue weighted by Crippen LogP contribution is -2.40. The average molecular weight is 266 g/mol. The summed E-state index contributed by atoms with van der Waals surface area (Å²) in [5.41, 5.74) is 1.26. The monoisotopic (exact) mass is 265 g/mol. The van der Waals surface area contributed by atoms with Gasteiger partial charge in [0, 0.05) is 24.7 Å². The third kappa shape index (κ3) is 3.49. The van der Waals surface area contributed by atoms with E-state index in [9.17, 15) is 0 Å². The van der Waals surface area contributed by atoms with Crippen LogP contribution in [0.5, 0.6) is 0 Å². The molecule has 0 aromatic heterocycles. The molecule has 2 rings (SSSR count). The highest BCUT2D eigenvalue weighted by Crippen LogP contribution is 2.29. The van der Waals surface area contributed by atoms with Crippen LogP contribution in [0.1, 0.15) is 32.8 Å². The normalized spacial score (nSPS) is 25.6. The van der Waals surface area contributed by atoms with Gasteiger partial charge in [-0.3, -0.25) is 4.90 Å². The molecule has 1 aliphatic rings. The van der Waals surface area contributed by atoms with Gasteiger partial charge < -0.3 is 0 Å². The molecule has 2 unspecified atom stereocenters. The van der Waals surface area contributed by atoms with E-state index in [0.29, 0.717) is 0 Å². The van der Waals surface area contributed by atoms with E-state index in [2.05, 4.69) is 37.8 Å². The number of likely N-dealkylation sites (tertiary alicyclic amines) is 1. The molecule has 18 heavy (non-hydrogen) atoms. The molecule has 0 radical (unpaired) electrons. The van der Waals surface area contributed by atoms with E-state index in [4.69, 9.17) is 11.6 Å². The molecule has 0 bridgehead atoms. The zero-order chi connectivity index (χ0) is 13.1. The van der Waals surface area contributed by atoms with Crippen LogP contribution in [0.15, 0.2) is 24.3 Å². The lowest BCUT2D eigenvalue weighted by atomic mass is 9.83. The molecule has 1 aliphatic heterocycles. The van der Waals surface area contributed by atoms with Crippen molar-refractivity contribution >= 4 is 11.6 Å². The molecule has 0 saturated carbocycles. The number of rotatable bonds is 3. The first-order valence-electron chi connectivity index (χ1n) is 7.02. The molecular weight excluding hydrogens is 242 g/mol. The number of hydrogen-bond donors (Lipinski definition) is 0. The Balaban J connectivity index is 2.03. The summed E-state index contributed by atoms with van der Waals surface area (Å²) in [5.74, 6) is 2.41. The summed E-state index contributed by atoms with van der Waals surface area (Å²) in [7, 11) is 0. The van der Waals surface area contributed by atoms with E-state index >= 15 is 0 Å².